The van der Waals surface area contributed by atoms with Gasteiger partial charge in [0.25, 0.3) is 0 Å². The van der Waals surface area contributed by atoms with Crippen LogP contribution in [0.2, 0.25) is 0 Å². The van der Waals surface area contributed by atoms with E-state index in [1.165, 1.54) is 12.8 Å². The second-order valence-corrected chi connectivity index (χ2v) is 5.59. The molecule has 2 aliphatic heterocycles. The van der Waals surface area contributed by atoms with E-state index >= 15 is 0 Å². The molecule has 0 spiro atoms. The van der Waals surface area contributed by atoms with Gasteiger partial charge in [-0.3, -0.25) is 4.79 Å². The van der Waals surface area contributed by atoms with E-state index in [0.717, 1.165) is 38.9 Å². The van der Waals surface area contributed by atoms with Crippen molar-refractivity contribution in [1.29, 1.82) is 0 Å². The Morgan fingerprint density at radius 3 is 2.37 bits per heavy atom. The number of hydrogen-bond acceptors (Lipinski definition) is 3. The third-order valence-electron chi connectivity index (χ3n) is 4.20. The summed E-state index contributed by atoms with van der Waals surface area (Å²) < 4.78 is 0. The third-order valence-corrected chi connectivity index (χ3v) is 4.20. The van der Waals surface area contributed by atoms with Gasteiger partial charge >= 0.3 is 5.97 Å². The average molecular weight is 268 g/mol. The molecule has 2 aliphatic rings. The van der Waals surface area contributed by atoms with Crippen LogP contribution in [0.1, 0.15) is 44.9 Å². The monoisotopic (exact) mass is 268 g/mol. The average Bonchev–Trinajstić information content (AvgIpc) is 2.77. The molecule has 2 heterocycles. The molecule has 0 radical (unpaired) electrons. The van der Waals surface area contributed by atoms with Gasteiger partial charge in [0, 0.05) is 19.5 Å². The Labute approximate surface area is 114 Å². The van der Waals surface area contributed by atoms with Crippen LogP contribution in [0.5, 0.6) is 0 Å². The molecule has 2 saturated heterocycles. The summed E-state index contributed by atoms with van der Waals surface area (Å²) in [6.45, 7) is 3.54. The largest absolute Gasteiger partial charge is 0.480 e. The van der Waals surface area contributed by atoms with Crippen molar-refractivity contribution < 1.29 is 14.7 Å². The van der Waals surface area contributed by atoms with Gasteiger partial charge in [-0.2, -0.15) is 0 Å². The summed E-state index contributed by atoms with van der Waals surface area (Å²) in [5.41, 5.74) is 0. The van der Waals surface area contributed by atoms with Crippen LogP contribution in [0.3, 0.4) is 0 Å². The lowest BCUT2D eigenvalue weighted by molar-refractivity contribution is -0.150. The van der Waals surface area contributed by atoms with Crippen LogP contribution in [0.15, 0.2) is 0 Å². The first kappa shape index (κ1) is 14.3. The van der Waals surface area contributed by atoms with E-state index in [0.29, 0.717) is 19.4 Å². The van der Waals surface area contributed by atoms with Gasteiger partial charge in [0.1, 0.15) is 6.04 Å². The van der Waals surface area contributed by atoms with Crippen LogP contribution in [0.4, 0.5) is 0 Å². The summed E-state index contributed by atoms with van der Waals surface area (Å²) in [6.07, 6.45) is 6.37. The van der Waals surface area contributed by atoms with Gasteiger partial charge in [-0.05, 0) is 38.8 Å². The fourth-order valence-electron chi connectivity index (χ4n) is 3.07. The number of rotatable bonds is 4. The van der Waals surface area contributed by atoms with Crippen LogP contribution < -0.4 is 0 Å². The highest BCUT2D eigenvalue weighted by atomic mass is 16.4. The molecule has 1 N–H and O–H groups in total. The Kier molecular flexibility index (Phi) is 5.19. The highest BCUT2D eigenvalue weighted by Gasteiger charge is 2.30. The van der Waals surface area contributed by atoms with E-state index < -0.39 is 12.0 Å². The molecule has 0 aromatic rings. The number of carbonyl (C=O) groups excluding carboxylic acids is 1. The molecule has 19 heavy (non-hydrogen) atoms. The lowest BCUT2D eigenvalue weighted by Crippen LogP contribution is -2.45. The van der Waals surface area contributed by atoms with Crippen molar-refractivity contribution in [1.82, 2.24) is 9.80 Å². The molecule has 1 amide bonds. The fourth-order valence-corrected chi connectivity index (χ4v) is 3.07. The molecule has 0 bridgehead atoms. The summed E-state index contributed by atoms with van der Waals surface area (Å²) >= 11 is 0. The zero-order chi connectivity index (χ0) is 13.7. The minimum atomic E-state index is -0.851. The van der Waals surface area contributed by atoms with E-state index in [9.17, 15) is 14.7 Å². The Bertz CT molecular complexity index is 327. The molecule has 2 rings (SSSR count). The van der Waals surface area contributed by atoms with Gasteiger partial charge < -0.3 is 14.9 Å². The summed E-state index contributed by atoms with van der Waals surface area (Å²) in [5.74, 6) is -0.836. The topological polar surface area (TPSA) is 60.9 Å². The number of hydrogen-bond donors (Lipinski definition) is 1. The van der Waals surface area contributed by atoms with Crippen molar-refractivity contribution in [2.24, 2.45) is 0 Å². The predicted molar refractivity (Wildman–Crippen MR) is 71.9 cm³/mol. The quantitative estimate of drug-likeness (QED) is 0.835. The minimum absolute atomic E-state index is 0.0150. The lowest BCUT2D eigenvalue weighted by Gasteiger charge is -2.27. The molecule has 0 saturated carbocycles. The van der Waals surface area contributed by atoms with E-state index in [-0.39, 0.29) is 5.91 Å². The van der Waals surface area contributed by atoms with Crippen molar-refractivity contribution in [3.05, 3.63) is 0 Å². The van der Waals surface area contributed by atoms with Gasteiger partial charge in [-0.15, -0.1) is 0 Å². The van der Waals surface area contributed by atoms with E-state index in [1.807, 2.05) is 0 Å². The molecule has 0 aromatic carbocycles. The van der Waals surface area contributed by atoms with Gasteiger partial charge in [0.2, 0.25) is 5.91 Å². The van der Waals surface area contributed by atoms with Gasteiger partial charge in [-0.25, -0.2) is 4.79 Å². The molecule has 0 aromatic heterocycles. The summed E-state index contributed by atoms with van der Waals surface area (Å²) in [4.78, 5) is 27.4. The van der Waals surface area contributed by atoms with Crippen molar-refractivity contribution in [2.75, 3.05) is 26.2 Å². The van der Waals surface area contributed by atoms with Gasteiger partial charge in [-0.1, -0.05) is 12.8 Å². The third kappa shape index (κ3) is 3.93. The first-order valence-corrected chi connectivity index (χ1v) is 7.43. The smallest absolute Gasteiger partial charge is 0.326 e. The van der Waals surface area contributed by atoms with Crippen molar-refractivity contribution in [2.45, 2.75) is 51.0 Å². The number of nitrogens with zero attached hydrogens (tertiary/aromatic N) is 2. The minimum Gasteiger partial charge on any atom is -0.480 e. The Hall–Kier alpha value is -1.10. The van der Waals surface area contributed by atoms with E-state index in [1.54, 1.807) is 4.90 Å². The zero-order valence-corrected chi connectivity index (χ0v) is 11.5. The second-order valence-electron chi connectivity index (χ2n) is 5.59. The first-order valence-electron chi connectivity index (χ1n) is 7.43. The molecule has 5 nitrogen and oxygen atoms in total. The molecule has 1 unspecified atom stereocenters. The summed E-state index contributed by atoms with van der Waals surface area (Å²) in [7, 11) is 0. The molecule has 0 aliphatic carbocycles. The molecular formula is C14H24N2O3. The van der Waals surface area contributed by atoms with Crippen LogP contribution in [0, 0.1) is 0 Å². The number of amides is 1. The molecule has 108 valence electrons. The lowest BCUT2D eigenvalue weighted by atomic mass is 10.1. The van der Waals surface area contributed by atoms with Crippen molar-refractivity contribution >= 4 is 11.9 Å². The van der Waals surface area contributed by atoms with Crippen LogP contribution in [-0.4, -0.2) is 59.0 Å². The van der Waals surface area contributed by atoms with Crippen molar-refractivity contribution in [3.8, 4) is 0 Å². The van der Waals surface area contributed by atoms with E-state index in [4.69, 9.17) is 0 Å². The standard InChI is InChI=1S/C14H24N2O3/c17-13(7-11-15-8-4-5-9-15)16-10-3-1-2-6-12(16)14(18)19/h12H,1-11H2,(H,18,19). The van der Waals surface area contributed by atoms with Gasteiger partial charge in [0.15, 0.2) is 0 Å². The highest BCUT2D eigenvalue weighted by molar-refractivity contribution is 5.83. The SMILES string of the molecule is O=C(O)C1CCCCCN1C(=O)CCN1CCCC1. The maximum Gasteiger partial charge on any atom is 0.326 e. The molecular weight excluding hydrogens is 244 g/mol. The molecule has 2 fully saturated rings. The van der Waals surface area contributed by atoms with Crippen LogP contribution >= 0.6 is 0 Å². The number of likely N-dealkylation sites (tertiary alicyclic amines) is 2. The van der Waals surface area contributed by atoms with Crippen molar-refractivity contribution in [3.63, 3.8) is 0 Å². The Morgan fingerprint density at radius 2 is 1.68 bits per heavy atom. The normalized spacial score (nSPS) is 25.3. The number of carboxylic acids is 1. The predicted octanol–water partition coefficient (Wildman–Crippen LogP) is 1.33. The maximum atomic E-state index is 12.3. The zero-order valence-electron chi connectivity index (χ0n) is 11.5. The second kappa shape index (κ2) is 6.89. The van der Waals surface area contributed by atoms with Crippen LogP contribution in [0.25, 0.3) is 0 Å². The molecule has 1 atom stereocenters. The number of aliphatic carboxylic acids is 1. The van der Waals surface area contributed by atoms with Crippen LogP contribution in [-0.2, 0) is 9.59 Å². The Balaban J connectivity index is 1.88. The number of carbonyl (C=O) groups is 2. The van der Waals surface area contributed by atoms with E-state index in [2.05, 4.69) is 4.90 Å². The highest BCUT2D eigenvalue weighted by Crippen LogP contribution is 2.18. The Morgan fingerprint density at radius 1 is 1.00 bits per heavy atom. The summed E-state index contributed by atoms with van der Waals surface area (Å²) in [6, 6.07) is -0.603. The summed E-state index contributed by atoms with van der Waals surface area (Å²) in [5, 5.41) is 9.26. The molecule has 5 heteroatoms. The fraction of sp³-hybridized carbons (Fsp3) is 0.857. The maximum absolute atomic E-state index is 12.3. The number of carboxylic acid groups (broad SMARTS) is 1. The first-order chi connectivity index (χ1) is 9.18. The van der Waals surface area contributed by atoms with Gasteiger partial charge in [0.05, 0.1) is 0 Å².